The van der Waals surface area contributed by atoms with E-state index >= 15 is 0 Å². The highest BCUT2D eigenvalue weighted by Crippen LogP contribution is 2.57. The minimum Gasteiger partial charge on any atom is -0.478 e. The van der Waals surface area contributed by atoms with Crippen LogP contribution in [-0.2, 0) is 4.79 Å². The summed E-state index contributed by atoms with van der Waals surface area (Å²) in [6, 6.07) is 3.97. The van der Waals surface area contributed by atoms with E-state index in [1.54, 1.807) is 0 Å². The zero-order chi connectivity index (χ0) is 18.6. The first-order valence-electron chi connectivity index (χ1n) is 6.00. The van der Waals surface area contributed by atoms with Gasteiger partial charge in [0.2, 0.25) is 0 Å². The number of ether oxygens (including phenoxy) is 1. The van der Waals surface area contributed by atoms with Crippen LogP contribution in [-0.4, -0.2) is 35.0 Å². The van der Waals surface area contributed by atoms with Crippen LogP contribution in [0.5, 0.6) is 5.75 Å². The molecule has 1 aromatic rings. The summed E-state index contributed by atoms with van der Waals surface area (Å²) in [4.78, 5) is 11.1. The highest BCUT2D eigenvalue weighted by molar-refractivity contribution is 5.96. The van der Waals surface area contributed by atoms with E-state index in [0.717, 1.165) is 18.2 Å². The highest BCUT2D eigenvalue weighted by atomic mass is 19.4. The van der Waals surface area contributed by atoms with Crippen LogP contribution in [0.4, 0.5) is 35.1 Å². The standard InChI is InChI=1S/C13H6F8O3/c14-11(15,13(19,20)21)10(12(16,17)18)7(9(22)23)5-6-3-1-2-4-8(6)24-10/h1-5H,(H,22,23). The molecule has 0 saturated carbocycles. The van der Waals surface area contributed by atoms with Gasteiger partial charge in [0.05, 0.1) is 5.57 Å². The average molecular weight is 362 g/mol. The number of carboxylic acid groups (broad SMARTS) is 1. The highest BCUT2D eigenvalue weighted by Gasteiger charge is 2.84. The van der Waals surface area contributed by atoms with Crippen LogP contribution >= 0.6 is 0 Å². The number of carbonyl (C=O) groups is 1. The monoisotopic (exact) mass is 362 g/mol. The van der Waals surface area contributed by atoms with E-state index in [2.05, 4.69) is 4.74 Å². The van der Waals surface area contributed by atoms with Gasteiger partial charge >= 0.3 is 29.8 Å². The topological polar surface area (TPSA) is 46.5 Å². The van der Waals surface area contributed by atoms with Crippen molar-refractivity contribution in [2.24, 2.45) is 0 Å². The quantitative estimate of drug-likeness (QED) is 0.808. The molecule has 1 N–H and O–H groups in total. The summed E-state index contributed by atoms with van der Waals surface area (Å²) in [5.41, 5.74) is -8.07. The smallest absolute Gasteiger partial charge is 0.458 e. The summed E-state index contributed by atoms with van der Waals surface area (Å²) in [6.45, 7) is 0. The first-order chi connectivity index (χ1) is 10.8. The molecule has 0 bridgehead atoms. The molecule has 132 valence electrons. The molecule has 0 aliphatic carbocycles. The first kappa shape index (κ1) is 18.0. The number of hydrogen-bond acceptors (Lipinski definition) is 2. The van der Waals surface area contributed by atoms with Crippen LogP contribution in [0.2, 0.25) is 0 Å². The number of hydrogen-bond donors (Lipinski definition) is 1. The van der Waals surface area contributed by atoms with E-state index in [0.29, 0.717) is 0 Å². The SMILES string of the molecule is O=C(O)C1=Cc2ccccc2OC1(C(F)(F)F)C(F)(F)C(F)(F)F. The fourth-order valence-electron chi connectivity index (χ4n) is 2.20. The summed E-state index contributed by atoms with van der Waals surface area (Å²) in [5.74, 6) is -10.1. The van der Waals surface area contributed by atoms with Crippen LogP contribution in [0.1, 0.15) is 5.56 Å². The van der Waals surface area contributed by atoms with E-state index in [-0.39, 0.29) is 11.6 Å². The number of benzene rings is 1. The molecule has 0 amide bonds. The molecule has 1 aromatic carbocycles. The zero-order valence-electron chi connectivity index (χ0n) is 11.2. The molecule has 1 atom stereocenters. The van der Waals surface area contributed by atoms with Gasteiger partial charge in [-0.25, -0.2) is 4.79 Å². The molecule has 11 heteroatoms. The Balaban J connectivity index is 2.89. The third kappa shape index (κ3) is 2.29. The molecule has 1 aliphatic heterocycles. The number of aliphatic carboxylic acids is 1. The van der Waals surface area contributed by atoms with Crippen molar-refractivity contribution in [3.8, 4) is 5.75 Å². The maximum atomic E-state index is 13.8. The Morgan fingerprint density at radius 1 is 1.00 bits per heavy atom. The number of rotatable bonds is 2. The van der Waals surface area contributed by atoms with Gasteiger partial charge < -0.3 is 9.84 Å². The van der Waals surface area contributed by atoms with Gasteiger partial charge in [0.1, 0.15) is 5.75 Å². The number of alkyl halides is 8. The lowest BCUT2D eigenvalue weighted by Crippen LogP contribution is -2.70. The summed E-state index contributed by atoms with van der Waals surface area (Å²) < 4.78 is 110. The van der Waals surface area contributed by atoms with Crippen molar-refractivity contribution in [1.82, 2.24) is 0 Å². The van der Waals surface area contributed by atoms with Gasteiger partial charge in [0.25, 0.3) is 0 Å². The molecule has 0 fully saturated rings. The van der Waals surface area contributed by atoms with E-state index in [1.165, 1.54) is 6.07 Å². The largest absolute Gasteiger partial charge is 0.478 e. The van der Waals surface area contributed by atoms with Gasteiger partial charge in [-0.3, -0.25) is 0 Å². The van der Waals surface area contributed by atoms with Gasteiger partial charge in [-0.1, -0.05) is 18.2 Å². The summed E-state index contributed by atoms with van der Waals surface area (Å²) in [6.07, 6.45) is -13.0. The second kappa shape index (κ2) is 5.08. The fourth-order valence-corrected chi connectivity index (χ4v) is 2.20. The predicted octanol–water partition coefficient (Wildman–Crippen LogP) is 4.05. The average Bonchev–Trinajstić information content (AvgIpc) is 2.43. The molecule has 24 heavy (non-hydrogen) atoms. The normalized spacial score (nSPS) is 21.6. The summed E-state index contributed by atoms with van der Waals surface area (Å²) in [7, 11) is 0. The molecule has 1 heterocycles. The number of halogens is 8. The van der Waals surface area contributed by atoms with Crippen molar-refractivity contribution < 1.29 is 49.8 Å². The van der Waals surface area contributed by atoms with E-state index < -0.39 is 41.2 Å². The third-order valence-electron chi connectivity index (χ3n) is 3.29. The number of fused-ring (bicyclic) bond motifs is 1. The maximum Gasteiger partial charge on any atom is 0.458 e. The summed E-state index contributed by atoms with van der Waals surface area (Å²) in [5, 5.41) is 8.84. The van der Waals surface area contributed by atoms with Crippen molar-refractivity contribution in [1.29, 1.82) is 0 Å². The van der Waals surface area contributed by atoms with Crippen molar-refractivity contribution in [3.63, 3.8) is 0 Å². The molecule has 0 radical (unpaired) electrons. The molecule has 0 aromatic heterocycles. The van der Waals surface area contributed by atoms with Crippen molar-refractivity contribution in [3.05, 3.63) is 35.4 Å². The zero-order valence-corrected chi connectivity index (χ0v) is 11.2. The molecule has 3 nitrogen and oxygen atoms in total. The van der Waals surface area contributed by atoms with Crippen molar-refractivity contribution in [2.45, 2.75) is 23.9 Å². The molecular formula is C13H6F8O3. The van der Waals surface area contributed by atoms with Gasteiger partial charge in [-0.2, -0.15) is 35.1 Å². The molecular weight excluding hydrogens is 356 g/mol. The molecule has 0 spiro atoms. The third-order valence-corrected chi connectivity index (χ3v) is 3.29. The lowest BCUT2D eigenvalue weighted by molar-refractivity contribution is -0.382. The van der Waals surface area contributed by atoms with Gasteiger partial charge in [-0.15, -0.1) is 0 Å². The lowest BCUT2D eigenvalue weighted by atomic mass is 9.82. The Labute approximate surface area is 128 Å². The Morgan fingerprint density at radius 2 is 1.54 bits per heavy atom. The lowest BCUT2D eigenvalue weighted by Gasteiger charge is -2.43. The van der Waals surface area contributed by atoms with Crippen LogP contribution < -0.4 is 4.74 Å². The second-order valence-corrected chi connectivity index (χ2v) is 4.75. The Morgan fingerprint density at radius 3 is 2.00 bits per heavy atom. The minimum absolute atomic E-state index is 0.0916. The van der Waals surface area contributed by atoms with Crippen molar-refractivity contribution >= 4 is 12.0 Å². The predicted molar refractivity (Wildman–Crippen MR) is 62.5 cm³/mol. The minimum atomic E-state index is -6.72. The molecule has 2 rings (SSSR count). The molecule has 1 aliphatic rings. The maximum absolute atomic E-state index is 13.8. The van der Waals surface area contributed by atoms with E-state index in [9.17, 15) is 39.9 Å². The van der Waals surface area contributed by atoms with Crippen LogP contribution in [0.3, 0.4) is 0 Å². The van der Waals surface area contributed by atoms with Gasteiger partial charge in [0, 0.05) is 5.56 Å². The van der Waals surface area contributed by atoms with Crippen LogP contribution in [0.15, 0.2) is 29.8 Å². The van der Waals surface area contributed by atoms with Gasteiger partial charge in [-0.05, 0) is 12.1 Å². The van der Waals surface area contributed by atoms with E-state index in [4.69, 9.17) is 5.11 Å². The first-order valence-corrected chi connectivity index (χ1v) is 6.00. The summed E-state index contributed by atoms with van der Waals surface area (Å²) >= 11 is 0. The fraction of sp³-hybridized carbons (Fsp3) is 0.308. The number of carboxylic acids is 1. The molecule has 1 unspecified atom stereocenters. The van der Waals surface area contributed by atoms with E-state index in [1.807, 2.05) is 0 Å². The Hall–Kier alpha value is -2.33. The second-order valence-electron chi connectivity index (χ2n) is 4.75. The number of para-hydroxylation sites is 1. The van der Waals surface area contributed by atoms with Gasteiger partial charge in [0.15, 0.2) is 0 Å². The Bertz CT molecular complexity index is 704. The van der Waals surface area contributed by atoms with Crippen LogP contribution in [0, 0.1) is 0 Å². The molecule has 0 saturated heterocycles. The van der Waals surface area contributed by atoms with Crippen LogP contribution in [0.25, 0.3) is 6.08 Å². The Kier molecular flexibility index (Phi) is 3.81. The van der Waals surface area contributed by atoms with Crippen molar-refractivity contribution in [2.75, 3.05) is 0 Å².